The second-order valence-corrected chi connectivity index (χ2v) is 6.62. The topological polar surface area (TPSA) is 57.9 Å². The molecule has 9 heteroatoms. The first-order valence-electron chi connectivity index (χ1n) is 9.17. The van der Waals surface area contributed by atoms with Gasteiger partial charge in [-0.1, -0.05) is 12.1 Å². The number of ether oxygens (including phenoxy) is 3. The second kappa shape index (κ2) is 7.82. The van der Waals surface area contributed by atoms with Crippen molar-refractivity contribution in [3.8, 4) is 39.8 Å². The van der Waals surface area contributed by atoms with E-state index in [4.69, 9.17) is 14.2 Å². The van der Waals surface area contributed by atoms with Crippen molar-refractivity contribution in [1.82, 2.24) is 14.4 Å². The van der Waals surface area contributed by atoms with Crippen molar-refractivity contribution >= 4 is 5.65 Å². The van der Waals surface area contributed by atoms with Crippen LogP contribution in [-0.4, -0.2) is 35.7 Å². The molecule has 0 saturated carbocycles. The molecule has 0 spiro atoms. The first kappa shape index (κ1) is 20.5. The van der Waals surface area contributed by atoms with E-state index in [0.29, 0.717) is 45.4 Å². The molecule has 0 amide bonds. The molecule has 0 radical (unpaired) electrons. The SMILES string of the molecule is COc1cc(-c2nccn3cc(-c4ccc(C(F)(F)F)cc4)nc23)cc(OC)c1OC. The lowest BCUT2D eigenvalue weighted by Gasteiger charge is -2.14. The van der Waals surface area contributed by atoms with Gasteiger partial charge in [-0.25, -0.2) is 4.98 Å². The van der Waals surface area contributed by atoms with Crippen LogP contribution in [0.1, 0.15) is 5.56 Å². The van der Waals surface area contributed by atoms with Gasteiger partial charge >= 0.3 is 6.18 Å². The zero-order valence-electron chi connectivity index (χ0n) is 16.9. The van der Waals surface area contributed by atoms with E-state index in [-0.39, 0.29) is 0 Å². The molecule has 0 N–H and O–H groups in total. The van der Waals surface area contributed by atoms with Crippen molar-refractivity contribution in [3.63, 3.8) is 0 Å². The van der Waals surface area contributed by atoms with Gasteiger partial charge in [-0.2, -0.15) is 13.2 Å². The molecule has 0 bridgehead atoms. The van der Waals surface area contributed by atoms with Gasteiger partial charge in [-0.3, -0.25) is 4.98 Å². The number of imidazole rings is 1. The monoisotopic (exact) mass is 429 g/mol. The highest BCUT2D eigenvalue weighted by molar-refractivity contribution is 5.79. The van der Waals surface area contributed by atoms with E-state index in [2.05, 4.69) is 9.97 Å². The molecule has 0 unspecified atom stereocenters. The van der Waals surface area contributed by atoms with Crippen molar-refractivity contribution in [1.29, 1.82) is 0 Å². The Labute approximate surface area is 175 Å². The van der Waals surface area contributed by atoms with Gasteiger partial charge in [-0.05, 0) is 24.3 Å². The van der Waals surface area contributed by atoms with E-state index in [1.807, 2.05) is 0 Å². The molecule has 4 aromatic rings. The summed E-state index contributed by atoms with van der Waals surface area (Å²) in [5, 5.41) is 0. The van der Waals surface area contributed by atoms with Crippen molar-refractivity contribution in [3.05, 3.63) is 60.6 Å². The average Bonchev–Trinajstić information content (AvgIpc) is 3.22. The number of methoxy groups -OCH3 is 3. The Balaban J connectivity index is 1.82. The molecule has 31 heavy (non-hydrogen) atoms. The van der Waals surface area contributed by atoms with Gasteiger partial charge < -0.3 is 18.6 Å². The molecule has 2 heterocycles. The van der Waals surface area contributed by atoms with Gasteiger partial charge in [0.2, 0.25) is 5.75 Å². The largest absolute Gasteiger partial charge is 0.493 e. The Morgan fingerprint density at radius 1 is 0.871 bits per heavy atom. The summed E-state index contributed by atoms with van der Waals surface area (Å²) in [5.74, 6) is 1.39. The molecule has 4 rings (SSSR count). The van der Waals surface area contributed by atoms with E-state index in [1.54, 1.807) is 35.1 Å². The zero-order chi connectivity index (χ0) is 22.2. The quantitative estimate of drug-likeness (QED) is 0.441. The van der Waals surface area contributed by atoms with Gasteiger partial charge in [-0.15, -0.1) is 0 Å². The fraction of sp³-hybridized carbons (Fsp3) is 0.182. The lowest BCUT2D eigenvalue weighted by atomic mass is 10.1. The Morgan fingerprint density at radius 2 is 1.52 bits per heavy atom. The van der Waals surface area contributed by atoms with Crippen LogP contribution in [0.5, 0.6) is 17.2 Å². The highest BCUT2D eigenvalue weighted by Gasteiger charge is 2.30. The van der Waals surface area contributed by atoms with Crippen LogP contribution in [-0.2, 0) is 6.18 Å². The molecule has 0 fully saturated rings. The third kappa shape index (κ3) is 3.74. The first-order chi connectivity index (χ1) is 14.9. The molecule has 0 aliphatic heterocycles. The van der Waals surface area contributed by atoms with Crippen LogP contribution >= 0.6 is 0 Å². The van der Waals surface area contributed by atoms with E-state index < -0.39 is 11.7 Å². The summed E-state index contributed by atoms with van der Waals surface area (Å²) in [7, 11) is 4.56. The number of hydrogen-bond acceptors (Lipinski definition) is 5. The smallest absolute Gasteiger partial charge is 0.416 e. The summed E-state index contributed by atoms with van der Waals surface area (Å²) >= 11 is 0. The number of hydrogen-bond donors (Lipinski definition) is 0. The highest BCUT2D eigenvalue weighted by Crippen LogP contribution is 2.41. The molecule has 2 aromatic heterocycles. The summed E-state index contributed by atoms with van der Waals surface area (Å²) in [4.78, 5) is 9.06. The highest BCUT2D eigenvalue weighted by atomic mass is 19.4. The number of benzene rings is 2. The molecule has 2 aromatic carbocycles. The molecule has 0 aliphatic rings. The average molecular weight is 429 g/mol. The molecule has 160 valence electrons. The number of halogens is 3. The first-order valence-corrected chi connectivity index (χ1v) is 9.17. The van der Waals surface area contributed by atoms with Crippen molar-refractivity contribution in [2.45, 2.75) is 6.18 Å². The Bertz CT molecular complexity index is 1210. The maximum Gasteiger partial charge on any atom is 0.416 e. The van der Waals surface area contributed by atoms with E-state index in [9.17, 15) is 13.2 Å². The number of alkyl halides is 3. The minimum absolute atomic E-state index is 0.453. The third-order valence-electron chi connectivity index (χ3n) is 4.82. The number of nitrogens with zero attached hydrogens (tertiary/aromatic N) is 3. The van der Waals surface area contributed by atoms with Crippen molar-refractivity contribution < 1.29 is 27.4 Å². The van der Waals surface area contributed by atoms with Gasteiger partial charge in [0.05, 0.1) is 32.6 Å². The van der Waals surface area contributed by atoms with Gasteiger partial charge in [0, 0.05) is 29.7 Å². The normalized spacial score (nSPS) is 11.5. The fourth-order valence-electron chi connectivity index (χ4n) is 3.31. The number of fused-ring (bicyclic) bond motifs is 1. The summed E-state index contributed by atoms with van der Waals surface area (Å²) in [6.07, 6.45) is 0.684. The van der Waals surface area contributed by atoms with Gasteiger partial charge in [0.15, 0.2) is 17.1 Å². The maximum absolute atomic E-state index is 12.9. The van der Waals surface area contributed by atoms with E-state index >= 15 is 0 Å². The lowest BCUT2D eigenvalue weighted by Crippen LogP contribution is -2.03. The zero-order valence-corrected chi connectivity index (χ0v) is 16.9. The van der Waals surface area contributed by atoms with Gasteiger partial charge in [0.25, 0.3) is 0 Å². The summed E-state index contributed by atoms with van der Waals surface area (Å²) < 4.78 is 56.5. The van der Waals surface area contributed by atoms with Crippen LogP contribution in [0.4, 0.5) is 13.2 Å². The van der Waals surface area contributed by atoms with Crippen LogP contribution in [0.15, 0.2) is 55.0 Å². The molecular formula is C22H18F3N3O3. The fourth-order valence-corrected chi connectivity index (χ4v) is 3.31. The van der Waals surface area contributed by atoms with Crippen molar-refractivity contribution in [2.75, 3.05) is 21.3 Å². The summed E-state index contributed by atoms with van der Waals surface area (Å²) in [5.41, 5.74) is 2.15. The molecule has 0 aliphatic carbocycles. The predicted molar refractivity (Wildman–Crippen MR) is 109 cm³/mol. The van der Waals surface area contributed by atoms with Crippen LogP contribution in [0.25, 0.3) is 28.2 Å². The Morgan fingerprint density at radius 3 is 2.06 bits per heavy atom. The minimum Gasteiger partial charge on any atom is -0.493 e. The third-order valence-corrected chi connectivity index (χ3v) is 4.82. The van der Waals surface area contributed by atoms with Crippen LogP contribution in [0.3, 0.4) is 0 Å². The second-order valence-electron chi connectivity index (χ2n) is 6.62. The van der Waals surface area contributed by atoms with Crippen molar-refractivity contribution in [2.24, 2.45) is 0 Å². The Hall–Kier alpha value is -3.75. The molecular weight excluding hydrogens is 411 g/mol. The molecule has 0 atom stereocenters. The summed E-state index contributed by atoms with van der Waals surface area (Å²) in [6, 6.07) is 8.40. The van der Waals surface area contributed by atoms with Gasteiger partial charge in [0.1, 0.15) is 5.69 Å². The van der Waals surface area contributed by atoms with Crippen LogP contribution in [0, 0.1) is 0 Å². The van der Waals surface area contributed by atoms with E-state index in [1.165, 1.54) is 33.5 Å². The lowest BCUT2D eigenvalue weighted by molar-refractivity contribution is -0.137. The number of aromatic nitrogens is 3. The minimum atomic E-state index is -4.39. The summed E-state index contributed by atoms with van der Waals surface area (Å²) in [6.45, 7) is 0. The number of rotatable bonds is 5. The predicted octanol–water partition coefficient (Wildman–Crippen LogP) is 5.11. The maximum atomic E-state index is 12.9. The molecule has 0 saturated heterocycles. The Kier molecular flexibility index (Phi) is 5.18. The van der Waals surface area contributed by atoms with Crippen LogP contribution < -0.4 is 14.2 Å². The molecule has 6 nitrogen and oxygen atoms in total. The standard InChI is InChI=1S/C22H18F3N3O3/c1-29-17-10-14(11-18(30-2)20(17)31-3)19-21-27-16(12-28(21)9-8-26-19)13-4-6-15(7-5-13)22(23,24)25/h4-12H,1-3H3. The van der Waals surface area contributed by atoms with E-state index in [0.717, 1.165) is 12.1 Å². The van der Waals surface area contributed by atoms with Crippen LogP contribution in [0.2, 0.25) is 0 Å².